The molecule has 2 aromatic carbocycles. The number of halogens is 3. The second-order valence-electron chi connectivity index (χ2n) is 6.81. The Kier molecular flexibility index (Phi) is 8.59. The smallest absolute Gasteiger partial charge is 0.244 e. The summed E-state index contributed by atoms with van der Waals surface area (Å²) in [5, 5.41) is 3.59. The molecule has 31 heavy (non-hydrogen) atoms. The van der Waals surface area contributed by atoms with Crippen LogP contribution >= 0.6 is 34.8 Å². The highest BCUT2D eigenvalue weighted by molar-refractivity contribution is 7.92. The molecule has 2 rings (SSSR count). The van der Waals surface area contributed by atoms with Crippen LogP contribution in [-0.2, 0) is 26.2 Å². The second-order valence-corrected chi connectivity index (χ2v) is 9.96. The van der Waals surface area contributed by atoms with Crippen molar-refractivity contribution in [3.8, 4) is 0 Å². The van der Waals surface area contributed by atoms with E-state index in [1.165, 1.54) is 36.2 Å². The van der Waals surface area contributed by atoms with Gasteiger partial charge in [0.25, 0.3) is 0 Å². The first-order valence-corrected chi connectivity index (χ1v) is 12.1. The zero-order valence-electron chi connectivity index (χ0n) is 17.1. The summed E-state index contributed by atoms with van der Waals surface area (Å²) in [6.07, 6.45) is 1.00. The highest BCUT2D eigenvalue weighted by atomic mass is 35.5. The second kappa shape index (κ2) is 10.5. The first kappa shape index (κ1) is 25.3. The lowest BCUT2D eigenvalue weighted by Crippen LogP contribution is -2.50. The number of rotatable bonds is 8. The Labute approximate surface area is 196 Å². The molecule has 0 heterocycles. The molecule has 0 saturated carbocycles. The van der Waals surface area contributed by atoms with E-state index in [1.807, 2.05) is 0 Å². The van der Waals surface area contributed by atoms with E-state index in [9.17, 15) is 18.0 Å². The predicted octanol–water partition coefficient (Wildman–Crippen LogP) is 3.58. The molecule has 0 aromatic heterocycles. The molecule has 0 aliphatic carbocycles. The molecule has 168 valence electrons. The van der Waals surface area contributed by atoms with Gasteiger partial charge in [-0.05, 0) is 48.9 Å². The average molecular weight is 507 g/mol. The summed E-state index contributed by atoms with van der Waals surface area (Å²) in [7, 11) is -2.34. The maximum absolute atomic E-state index is 13.2. The van der Waals surface area contributed by atoms with Crippen molar-refractivity contribution in [3.63, 3.8) is 0 Å². The number of carbonyl (C=O) groups is 2. The lowest BCUT2D eigenvalue weighted by atomic mass is 10.1. The van der Waals surface area contributed by atoms with Gasteiger partial charge >= 0.3 is 0 Å². The number of sulfonamides is 1. The van der Waals surface area contributed by atoms with Gasteiger partial charge in [0.2, 0.25) is 21.8 Å². The van der Waals surface area contributed by atoms with Crippen molar-refractivity contribution < 1.29 is 18.0 Å². The third kappa shape index (κ3) is 6.74. The van der Waals surface area contributed by atoms with Gasteiger partial charge in [-0.3, -0.25) is 13.9 Å². The molecule has 11 heteroatoms. The number of hydrogen-bond acceptors (Lipinski definition) is 4. The Balaban J connectivity index is 2.38. The summed E-state index contributed by atoms with van der Waals surface area (Å²) in [5.41, 5.74) is 0.915. The predicted molar refractivity (Wildman–Crippen MR) is 124 cm³/mol. The molecule has 0 radical (unpaired) electrons. The van der Waals surface area contributed by atoms with Crippen molar-refractivity contribution in [2.75, 3.05) is 24.2 Å². The minimum absolute atomic E-state index is 0.0303. The normalized spacial score (nSPS) is 12.2. The van der Waals surface area contributed by atoms with E-state index < -0.39 is 34.4 Å². The molecule has 0 fully saturated rings. The summed E-state index contributed by atoms with van der Waals surface area (Å²) in [4.78, 5) is 26.8. The van der Waals surface area contributed by atoms with Gasteiger partial charge in [0.1, 0.15) is 12.6 Å². The average Bonchev–Trinajstić information content (AvgIpc) is 2.71. The van der Waals surface area contributed by atoms with E-state index in [-0.39, 0.29) is 12.2 Å². The number of hydrogen-bond donors (Lipinski definition) is 1. The van der Waals surface area contributed by atoms with Crippen LogP contribution in [0.3, 0.4) is 0 Å². The maximum atomic E-state index is 13.2. The van der Waals surface area contributed by atoms with Crippen LogP contribution in [0.2, 0.25) is 15.1 Å². The van der Waals surface area contributed by atoms with Crippen LogP contribution in [0.25, 0.3) is 0 Å². The number of likely N-dealkylation sites (N-methyl/N-ethyl adjacent to an activating group) is 1. The molecule has 1 atom stereocenters. The fraction of sp³-hybridized carbons (Fsp3) is 0.300. The van der Waals surface area contributed by atoms with Gasteiger partial charge in [0.15, 0.2) is 0 Å². The summed E-state index contributed by atoms with van der Waals surface area (Å²) in [6.45, 7) is 1.09. The molecule has 0 spiro atoms. The molecule has 7 nitrogen and oxygen atoms in total. The van der Waals surface area contributed by atoms with Gasteiger partial charge in [-0.1, -0.05) is 40.9 Å². The molecule has 0 bridgehead atoms. The monoisotopic (exact) mass is 505 g/mol. The Hall–Kier alpha value is -2.00. The topological polar surface area (TPSA) is 86.8 Å². The largest absolute Gasteiger partial charge is 0.357 e. The van der Waals surface area contributed by atoms with E-state index >= 15 is 0 Å². The summed E-state index contributed by atoms with van der Waals surface area (Å²) < 4.78 is 25.7. The van der Waals surface area contributed by atoms with Crippen molar-refractivity contribution in [1.82, 2.24) is 10.2 Å². The van der Waals surface area contributed by atoms with Gasteiger partial charge in [0.05, 0.1) is 22.0 Å². The molecule has 2 amide bonds. The number of nitrogens with zero attached hydrogens (tertiary/aromatic N) is 2. The van der Waals surface area contributed by atoms with Crippen molar-refractivity contribution in [1.29, 1.82) is 0 Å². The molecule has 0 aliphatic rings. The van der Waals surface area contributed by atoms with E-state index in [1.54, 1.807) is 25.1 Å². The van der Waals surface area contributed by atoms with Crippen LogP contribution in [0.4, 0.5) is 5.69 Å². The standard InChI is InChI=1S/C20H22Cl3N3O4S/c1-13(20(28)24-2)25(11-14-4-9-17(22)18(23)10-14)19(27)12-26(31(3,29)30)16-7-5-15(21)6-8-16/h4-10,13H,11-12H2,1-3H3,(H,24,28)/t13-/m0/s1. The molecular formula is C20H22Cl3N3O4S. The van der Waals surface area contributed by atoms with Gasteiger partial charge in [-0.2, -0.15) is 0 Å². The lowest BCUT2D eigenvalue weighted by Gasteiger charge is -2.31. The maximum Gasteiger partial charge on any atom is 0.244 e. The lowest BCUT2D eigenvalue weighted by molar-refractivity contribution is -0.139. The van der Waals surface area contributed by atoms with Crippen LogP contribution < -0.4 is 9.62 Å². The Bertz CT molecular complexity index is 1060. The molecule has 0 saturated heterocycles. The third-order valence-corrected chi connectivity index (χ3v) is 6.68. The molecule has 0 aliphatic heterocycles. The minimum atomic E-state index is -3.79. The van der Waals surface area contributed by atoms with Crippen LogP contribution in [0.15, 0.2) is 42.5 Å². The van der Waals surface area contributed by atoms with E-state index in [4.69, 9.17) is 34.8 Å². The van der Waals surface area contributed by atoms with Gasteiger partial charge in [-0.25, -0.2) is 8.42 Å². The van der Waals surface area contributed by atoms with Gasteiger partial charge < -0.3 is 10.2 Å². The molecule has 2 aromatic rings. The summed E-state index contributed by atoms with van der Waals surface area (Å²) in [6, 6.07) is 10.1. The van der Waals surface area contributed by atoms with Crippen LogP contribution in [-0.4, -0.2) is 51.0 Å². The molecule has 0 unspecified atom stereocenters. The third-order valence-electron chi connectivity index (χ3n) is 4.54. The minimum Gasteiger partial charge on any atom is -0.357 e. The van der Waals surface area contributed by atoms with Crippen molar-refractivity contribution in [2.24, 2.45) is 0 Å². The highest BCUT2D eigenvalue weighted by Gasteiger charge is 2.29. The fourth-order valence-corrected chi connectivity index (χ4v) is 4.14. The van der Waals surface area contributed by atoms with Gasteiger partial charge in [0, 0.05) is 18.6 Å². The Morgan fingerprint density at radius 3 is 2.16 bits per heavy atom. The summed E-state index contributed by atoms with van der Waals surface area (Å²) in [5.74, 6) is -0.964. The SMILES string of the molecule is CNC(=O)[C@H](C)N(Cc1ccc(Cl)c(Cl)c1)C(=O)CN(c1ccc(Cl)cc1)S(C)(=O)=O. The quantitative estimate of drug-likeness (QED) is 0.593. The number of anilines is 1. The summed E-state index contributed by atoms with van der Waals surface area (Å²) >= 11 is 17.9. The number of amides is 2. The number of benzene rings is 2. The Morgan fingerprint density at radius 2 is 1.65 bits per heavy atom. The van der Waals surface area contributed by atoms with Crippen molar-refractivity contribution >= 4 is 62.3 Å². The fourth-order valence-electron chi connectivity index (χ4n) is 2.85. The van der Waals surface area contributed by atoms with E-state index in [0.29, 0.717) is 20.6 Å². The van der Waals surface area contributed by atoms with E-state index in [2.05, 4.69) is 5.32 Å². The van der Waals surface area contributed by atoms with E-state index in [0.717, 1.165) is 10.6 Å². The first-order chi connectivity index (χ1) is 14.4. The highest BCUT2D eigenvalue weighted by Crippen LogP contribution is 2.25. The molecular weight excluding hydrogens is 485 g/mol. The van der Waals surface area contributed by atoms with Crippen molar-refractivity contribution in [2.45, 2.75) is 19.5 Å². The zero-order valence-corrected chi connectivity index (χ0v) is 20.2. The Morgan fingerprint density at radius 1 is 1.03 bits per heavy atom. The van der Waals surface area contributed by atoms with Gasteiger partial charge in [-0.15, -0.1) is 0 Å². The number of nitrogens with one attached hydrogen (secondary N) is 1. The first-order valence-electron chi connectivity index (χ1n) is 9.12. The van der Waals surface area contributed by atoms with Crippen LogP contribution in [0.1, 0.15) is 12.5 Å². The van der Waals surface area contributed by atoms with Crippen LogP contribution in [0.5, 0.6) is 0 Å². The molecule has 1 N–H and O–H groups in total. The number of carbonyl (C=O) groups excluding carboxylic acids is 2. The van der Waals surface area contributed by atoms with Crippen LogP contribution in [0, 0.1) is 0 Å². The van der Waals surface area contributed by atoms with Crippen molar-refractivity contribution in [3.05, 3.63) is 63.1 Å². The zero-order chi connectivity index (χ0) is 23.3.